The van der Waals surface area contributed by atoms with Gasteiger partial charge in [-0.25, -0.2) is 0 Å². The molecule has 6 nitrogen and oxygen atoms in total. The van der Waals surface area contributed by atoms with Crippen LogP contribution in [0.5, 0.6) is 0 Å². The summed E-state index contributed by atoms with van der Waals surface area (Å²) in [5.74, 6) is 0.0169. The van der Waals surface area contributed by atoms with Gasteiger partial charge >= 0.3 is 0 Å². The normalized spacial score (nSPS) is 47.7. The van der Waals surface area contributed by atoms with E-state index in [0.29, 0.717) is 13.0 Å². The van der Waals surface area contributed by atoms with Gasteiger partial charge in [0, 0.05) is 31.5 Å². The van der Waals surface area contributed by atoms with E-state index in [1.165, 1.54) is 6.92 Å². The van der Waals surface area contributed by atoms with E-state index in [9.17, 15) is 14.7 Å². The predicted octanol–water partition coefficient (Wildman–Crippen LogP) is -1.40. The molecule has 2 amide bonds. The van der Waals surface area contributed by atoms with Crippen LogP contribution in [0.3, 0.4) is 0 Å². The molecule has 2 saturated carbocycles. The topological polar surface area (TPSA) is 90.5 Å². The van der Waals surface area contributed by atoms with Gasteiger partial charge in [-0.05, 0) is 31.7 Å². The van der Waals surface area contributed by atoms with Crippen molar-refractivity contribution in [2.24, 2.45) is 17.8 Å². The Bertz CT molecular complexity index is 427. The molecule has 2 aliphatic carbocycles. The molecule has 3 aliphatic rings. The Balaban J connectivity index is 1.94. The zero-order valence-electron chi connectivity index (χ0n) is 11.3. The van der Waals surface area contributed by atoms with Gasteiger partial charge in [-0.15, -0.1) is 0 Å². The highest BCUT2D eigenvalue weighted by Gasteiger charge is 2.66. The summed E-state index contributed by atoms with van der Waals surface area (Å²) in [4.78, 5) is 23.4. The second-order valence-corrected chi connectivity index (χ2v) is 6.14. The number of hydrogen-bond donors (Lipinski definition) is 4. The van der Waals surface area contributed by atoms with E-state index >= 15 is 0 Å². The lowest BCUT2D eigenvalue weighted by molar-refractivity contribution is -0.146. The van der Waals surface area contributed by atoms with E-state index in [1.54, 1.807) is 0 Å². The van der Waals surface area contributed by atoms with Gasteiger partial charge in [0.1, 0.15) is 5.60 Å². The van der Waals surface area contributed by atoms with Crippen molar-refractivity contribution < 1.29 is 14.7 Å². The van der Waals surface area contributed by atoms with Gasteiger partial charge in [0.05, 0.1) is 0 Å². The lowest BCUT2D eigenvalue weighted by Crippen LogP contribution is -2.56. The molecule has 0 aromatic heterocycles. The molecule has 19 heavy (non-hydrogen) atoms. The van der Waals surface area contributed by atoms with E-state index in [4.69, 9.17) is 0 Å². The number of rotatable bonds is 2. The third-order valence-electron chi connectivity index (χ3n) is 5.17. The lowest BCUT2D eigenvalue weighted by Gasteiger charge is -2.33. The second-order valence-electron chi connectivity index (χ2n) is 6.14. The fraction of sp³-hybridized carbons (Fsp3) is 0.846. The Hall–Kier alpha value is -1.14. The van der Waals surface area contributed by atoms with Crippen LogP contribution < -0.4 is 16.0 Å². The van der Waals surface area contributed by atoms with Crippen LogP contribution in [-0.2, 0) is 9.59 Å². The van der Waals surface area contributed by atoms with Crippen LogP contribution in [0.15, 0.2) is 0 Å². The molecule has 106 valence electrons. The summed E-state index contributed by atoms with van der Waals surface area (Å²) in [7, 11) is 1.85. The van der Waals surface area contributed by atoms with E-state index in [2.05, 4.69) is 16.0 Å². The first-order valence-electron chi connectivity index (χ1n) is 6.92. The molecule has 3 rings (SSSR count). The van der Waals surface area contributed by atoms with Crippen LogP contribution >= 0.6 is 0 Å². The fourth-order valence-electron chi connectivity index (χ4n) is 4.58. The molecular formula is C13H21N3O3. The van der Waals surface area contributed by atoms with E-state index in [1.807, 2.05) is 7.05 Å². The van der Waals surface area contributed by atoms with Crippen molar-refractivity contribution in [3.05, 3.63) is 0 Å². The molecule has 0 aromatic rings. The minimum absolute atomic E-state index is 0.0478. The van der Waals surface area contributed by atoms with Gasteiger partial charge < -0.3 is 21.1 Å². The summed E-state index contributed by atoms with van der Waals surface area (Å²) in [5.41, 5.74) is -1.27. The Morgan fingerprint density at radius 3 is 2.84 bits per heavy atom. The average molecular weight is 267 g/mol. The number of aliphatic hydroxyl groups is 1. The van der Waals surface area contributed by atoms with Gasteiger partial charge in [0.2, 0.25) is 5.91 Å². The molecule has 0 radical (unpaired) electrons. The minimum atomic E-state index is -1.27. The highest BCUT2D eigenvalue weighted by atomic mass is 16.3. The van der Waals surface area contributed by atoms with Crippen LogP contribution in [0.4, 0.5) is 0 Å². The zero-order chi connectivity index (χ0) is 13.8. The number of piperidine rings is 1. The highest BCUT2D eigenvalue weighted by Crippen LogP contribution is 2.54. The number of hydrogen-bond acceptors (Lipinski definition) is 4. The van der Waals surface area contributed by atoms with Gasteiger partial charge in [-0.1, -0.05) is 0 Å². The number of nitrogens with one attached hydrogen (secondary N) is 3. The first kappa shape index (κ1) is 12.9. The third kappa shape index (κ3) is 1.70. The largest absolute Gasteiger partial charge is 0.380 e. The molecule has 2 bridgehead atoms. The number of fused-ring (bicyclic) bond motifs is 5. The summed E-state index contributed by atoms with van der Waals surface area (Å²) in [5, 5.41) is 19.8. The van der Waals surface area contributed by atoms with E-state index in [0.717, 1.165) is 6.42 Å². The van der Waals surface area contributed by atoms with Gasteiger partial charge in [-0.3, -0.25) is 9.59 Å². The maximum Gasteiger partial charge on any atom is 0.252 e. The molecule has 6 heteroatoms. The molecule has 1 aliphatic heterocycles. The van der Waals surface area contributed by atoms with Gasteiger partial charge in [0.25, 0.3) is 5.91 Å². The first-order chi connectivity index (χ1) is 8.97. The lowest BCUT2D eigenvalue weighted by atomic mass is 9.84. The highest BCUT2D eigenvalue weighted by molar-refractivity contribution is 5.87. The average Bonchev–Trinajstić information content (AvgIpc) is 2.82. The van der Waals surface area contributed by atoms with Crippen LogP contribution in [-0.4, -0.2) is 48.2 Å². The van der Waals surface area contributed by atoms with E-state index < -0.39 is 5.60 Å². The summed E-state index contributed by atoms with van der Waals surface area (Å²) in [6, 6.07) is 0.118. The molecule has 3 fully saturated rings. The summed E-state index contributed by atoms with van der Waals surface area (Å²) >= 11 is 0. The third-order valence-corrected chi connectivity index (χ3v) is 5.17. The minimum Gasteiger partial charge on any atom is -0.380 e. The van der Waals surface area contributed by atoms with Crippen molar-refractivity contribution in [3.63, 3.8) is 0 Å². The second kappa shape index (κ2) is 4.18. The van der Waals surface area contributed by atoms with Crippen molar-refractivity contribution in [2.75, 3.05) is 13.6 Å². The number of carbonyl (C=O) groups is 2. The van der Waals surface area contributed by atoms with Gasteiger partial charge in [0.15, 0.2) is 0 Å². The quantitative estimate of drug-likeness (QED) is 0.495. The van der Waals surface area contributed by atoms with Gasteiger partial charge in [-0.2, -0.15) is 0 Å². The molecule has 0 spiro atoms. The summed E-state index contributed by atoms with van der Waals surface area (Å²) in [6.45, 7) is 2.12. The number of carbonyl (C=O) groups excluding carboxylic acids is 2. The maximum absolute atomic E-state index is 12.0. The Morgan fingerprint density at radius 2 is 2.21 bits per heavy atom. The van der Waals surface area contributed by atoms with Crippen molar-refractivity contribution >= 4 is 11.8 Å². The SMILES string of the molecule is CNC1CC(NC(C)=O)C2C3CNC(=O)C(O)(C3)C12. The molecule has 4 N–H and O–H groups in total. The summed E-state index contributed by atoms with van der Waals surface area (Å²) in [6.07, 6.45) is 1.29. The van der Waals surface area contributed by atoms with Crippen molar-refractivity contribution in [1.82, 2.24) is 16.0 Å². The Kier molecular flexibility index (Phi) is 2.83. The molecule has 1 saturated heterocycles. The zero-order valence-corrected chi connectivity index (χ0v) is 11.3. The fourth-order valence-corrected chi connectivity index (χ4v) is 4.58. The molecule has 6 atom stereocenters. The van der Waals surface area contributed by atoms with E-state index in [-0.39, 0.29) is 41.7 Å². The van der Waals surface area contributed by atoms with Crippen LogP contribution in [0.2, 0.25) is 0 Å². The van der Waals surface area contributed by atoms with Crippen LogP contribution in [0, 0.1) is 17.8 Å². The molecule has 1 heterocycles. The molecule has 6 unspecified atom stereocenters. The van der Waals surface area contributed by atoms with Crippen molar-refractivity contribution in [1.29, 1.82) is 0 Å². The van der Waals surface area contributed by atoms with Crippen LogP contribution in [0.1, 0.15) is 19.8 Å². The molecular weight excluding hydrogens is 246 g/mol. The summed E-state index contributed by atoms with van der Waals surface area (Å²) < 4.78 is 0. The Labute approximate surface area is 112 Å². The smallest absolute Gasteiger partial charge is 0.252 e. The standard InChI is InChI=1S/C13H21N3O3/c1-6(17)16-8-3-9(14-2)11-10(8)7-4-13(11,19)12(18)15-5-7/h7-11,14,19H,3-5H2,1-2H3,(H,15,18)(H,16,17). The Morgan fingerprint density at radius 1 is 1.47 bits per heavy atom. The monoisotopic (exact) mass is 267 g/mol. The molecule has 0 aromatic carbocycles. The predicted molar refractivity (Wildman–Crippen MR) is 68.1 cm³/mol. The van der Waals surface area contributed by atoms with Crippen LogP contribution in [0.25, 0.3) is 0 Å². The van der Waals surface area contributed by atoms with Crippen molar-refractivity contribution in [2.45, 2.75) is 37.5 Å². The number of amides is 2. The van der Waals surface area contributed by atoms with Crippen molar-refractivity contribution in [3.8, 4) is 0 Å². The maximum atomic E-state index is 12.0. The first-order valence-corrected chi connectivity index (χ1v) is 6.92.